The SMILES string of the molecule is O=S([O-])Oc1cn[nH]n1.[K+]. The Kier molecular flexibility index (Phi) is 5.72. The summed E-state index contributed by atoms with van der Waals surface area (Å²) in [6.07, 6.45) is 1.15. The summed E-state index contributed by atoms with van der Waals surface area (Å²) >= 11 is -2.57. The van der Waals surface area contributed by atoms with E-state index in [0.29, 0.717) is 0 Å². The maximum Gasteiger partial charge on any atom is 1.00 e. The molecule has 6 nitrogen and oxygen atoms in total. The molecule has 8 heteroatoms. The molecule has 1 rings (SSSR count). The minimum Gasteiger partial charge on any atom is -0.740 e. The molecule has 0 amide bonds. The number of nitrogens with zero attached hydrogens (tertiary/aromatic N) is 2. The molecule has 1 aromatic rings. The maximum absolute atomic E-state index is 9.76. The van der Waals surface area contributed by atoms with Crippen molar-refractivity contribution < 1.29 is 64.3 Å². The molecule has 0 aliphatic heterocycles. The van der Waals surface area contributed by atoms with Gasteiger partial charge in [-0.1, -0.05) is 0 Å². The van der Waals surface area contributed by atoms with E-state index in [2.05, 4.69) is 19.6 Å². The Hall–Kier alpha value is 0.686. The van der Waals surface area contributed by atoms with Crippen molar-refractivity contribution in [1.29, 1.82) is 0 Å². The van der Waals surface area contributed by atoms with Crippen LogP contribution in [-0.2, 0) is 11.4 Å². The van der Waals surface area contributed by atoms with E-state index in [1.807, 2.05) is 0 Å². The number of rotatable bonds is 2. The Balaban J connectivity index is 0.000000810. The summed E-state index contributed by atoms with van der Waals surface area (Å²) in [7, 11) is 0. The molecule has 0 saturated heterocycles. The molecule has 0 fully saturated rings. The fraction of sp³-hybridized carbons (Fsp3) is 0. The molecule has 0 aliphatic carbocycles. The molecule has 0 aromatic carbocycles. The van der Waals surface area contributed by atoms with Gasteiger partial charge in [-0.25, -0.2) is 4.21 Å². The normalized spacial score (nSPS) is 11.7. The summed E-state index contributed by atoms with van der Waals surface area (Å²) in [6, 6.07) is 0. The molecule has 1 atom stereocenters. The van der Waals surface area contributed by atoms with E-state index < -0.39 is 11.4 Å². The maximum atomic E-state index is 9.76. The minimum atomic E-state index is -2.57. The van der Waals surface area contributed by atoms with Crippen LogP contribution in [0.3, 0.4) is 0 Å². The van der Waals surface area contributed by atoms with Gasteiger partial charge in [0.2, 0.25) is 0 Å². The van der Waals surface area contributed by atoms with Gasteiger partial charge in [0, 0.05) is 0 Å². The molecular weight excluding hydrogens is 185 g/mol. The molecule has 1 N–H and O–H groups in total. The smallest absolute Gasteiger partial charge is 0.740 e. The largest absolute Gasteiger partial charge is 1.00 e. The first-order valence-corrected chi connectivity index (χ1v) is 2.92. The molecule has 10 heavy (non-hydrogen) atoms. The predicted molar refractivity (Wildman–Crippen MR) is 25.9 cm³/mol. The number of aromatic amines is 1. The van der Waals surface area contributed by atoms with Crippen LogP contribution in [-0.4, -0.2) is 24.2 Å². The van der Waals surface area contributed by atoms with Gasteiger partial charge in [-0.3, -0.25) is 0 Å². The van der Waals surface area contributed by atoms with Crippen molar-refractivity contribution in [3.63, 3.8) is 0 Å². The van der Waals surface area contributed by atoms with Crippen molar-refractivity contribution in [2.75, 3.05) is 0 Å². The number of hydrogen-bond donors (Lipinski definition) is 1. The van der Waals surface area contributed by atoms with Crippen LogP contribution in [0.5, 0.6) is 5.88 Å². The Bertz CT molecular complexity index is 202. The standard InChI is InChI=1S/C2H3N3O3S.K/c6-9(7)8-2-1-3-5-4-2;/h1H,(H,6,7)(H,3,4,5);/q;+1/p-1. The van der Waals surface area contributed by atoms with E-state index >= 15 is 0 Å². The summed E-state index contributed by atoms with van der Waals surface area (Å²) < 4.78 is 23.6. The molecular formula is C2H2KN3O3S. The number of nitrogens with one attached hydrogen (secondary N) is 1. The van der Waals surface area contributed by atoms with E-state index in [0.717, 1.165) is 6.20 Å². The zero-order chi connectivity index (χ0) is 6.69. The molecule has 0 bridgehead atoms. The van der Waals surface area contributed by atoms with E-state index in [1.54, 1.807) is 0 Å². The van der Waals surface area contributed by atoms with Crippen LogP contribution in [0.1, 0.15) is 0 Å². The van der Waals surface area contributed by atoms with Gasteiger partial charge < -0.3 is 8.74 Å². The third kappa shape index (κ3) is 3.76. The summed E-state index contributed by atoms with van der Waals surface area (Å²) in [4.78, 5) is 0. The Morgan fingerprint density at radius 2 is 2.50 bits per heavy atom. The van der Waals surface area contributed by atoms with Crippen LogP contribution in [0.25, 0.3) is 0 Å². The van der Waals surface area contributed by atoms with E-state index in [1.165, 1.54) is 0 Å². The molecule has 1 unspecified atom stereocenters. The average molecular weight is 187 g/mol. The van der Waals surface area contributed by atoms with Gasteiger partial charge >= 0.3 is 51.4 Å². The number of aromatic nitrogens is 3. The van der Waals surface area contributed by atoms with Crippen LogP contribution < -0.4 is 55.6 Å². The van der Waals surface area contributed by atoms with Crippen molar-refractivity contribution in [3.05, 3.63) is 6.20 Å². The predicted octanol–water partition coefficient (Wildman–Crippen LogP) is -4.02. The van der Waals surface area contributed by atoms with E-state index in [9.17, 15) is 8.76 Å². The molecule has 1 aromatic heterocycles. The minimum absolute atomic E-state index is 0. The first-order chi connectivity index (χ1) is 4.29. The van der Waals surface area contributed by atoms with Crippen LogP contribution in [0.15, 0.2) is 6.20 Å². The Morgan fingerprint density at radius 1 is 1.80 bits per heavy atom. The van der Waals surface area contributed by atoms with Crippen molar-refractivity contribution >= 4 is 11.4 Å². The van der Waals surface area contributed by atoms with Gasteiger partial charge in [0.05, 0.1) is 0 Å². The number of hydrogen-bond acceptors (Lipinski definition) is 5. The van der Waals surface area contributed by atoms with Crippen molar-refractivity contribution in [3.8, 4) is 5.88 Å². The summed E-state index contributed by atoms with van der Waals surface area (Å²) in [5.41, 5.74) is 0. The van der Waals surface area contributed by atoms with Gasteiger partial charge in [0.1, 0.15) is 17.6 Å². The van der Waals surface area contributed by atoms with E-state index in [-0.39, 0.29) is 57.3 Å². The molecule has 1 heterocycles. The molecule has 0 saturated carbocycles. The second-order valence-electron chi connectivity index (χ2n) is 1.10. The molecule has 0 aliphatic rings. The zero-order valence-electron chi connectivity index (χ0n) is 5.10. The van der Waals surface area contributed by atoms with Crippen LogP contribution >= 0.6 is 0 Å². The van der Waals surface area contributed by atoms with Gasteiger partial charge in [-0.2, -0.15) is 10.3 Å². The summed E-state index contributed by atoms with van der Waals surface area (Å²) in [6.45, 7) is 0. The first-order valence-electron chi connectivity index (χ1n) is 1.92. The number of H-pyrrole nitrogens is 1. The van der Waals surface area contributed by atoms with Crippen molar-refractivity contribution in [2.24, 2.45) is 0 Å². The second-order valence-corrected chi connectivity index (χ2v) is 1.67. The van der Waals surface area contributed by atoms with Gasteiger partial charge in [0.15, 0.2) is 0 Å². The summed E-state index contributed by atoms with van der Waals surface area (Å²) in [5.74, 6) is -0.0664. The third-order valence-corrected chi connectivity index (χ3v) is 0.853. The van der Waals surface area contributed by atoms with Crippen LogP contribution in [0.4, 0.5) is 0 Å². The van der Waals surface area contributed by atoms with Gasteiger partial charge in [-0.15, -0.1) is 5.10 Å². The van der Waals surface area contributed by atoms with Crippen molar-refractivity contribution in [1.82, 2.24) is 15.4 Å². The summed E-state index contributed by atoms with van der Waals surface area (Å²) in [5, 5.41) is 8.78. The Morgan fingerprint density at radius 3 is 2.90 bits per heavy atom. The topological polar surface area (TPSA) is 90.9 Å². The van der Waals surface area contributed by atoms with Crippen molar-refractivity contribution in [2.45, 2.75) is 0 Å². The molecule has 50 valence electrons. The van der Waals surface area contributed by atoms with Gasteiger partial charge in [0.25, 0.3) is 5.88 Å². The molecule has 0 spiro atoms. The fourth-order valence-electron chi connectivity index (χ4n) is 0.301. The van der Waals surface area contributed by atoms with Crippen LogP contribution in [0.2, 0.25) is 0 Å². The van der Waals surface area contributed by atoms with Crippen LogP contribution in [0, 0.1) is 0 Å². The monoisotopic (exact) mass is 187 g/mol. The van der Waals surface area contributed by atoms with E-state index in [4.69, 9.17) is 0 Å². The Labute approximate surface area is 102 Å². The zero-order valence-corrected chi connectivity index (χ0v) is 9.04. The third-order valence-electron chi connectivity index (χ3n) is 0.546. The molecule has 0 radical (unpaired) electrons. The second kappa shape index (κ2) is 5.35. The fourth-order valence-corrected chi connectivity index (χ4v) is 0.521. The average Bonchev–Trinajstić information content (AvgIpc) is 2.15. The van der Waals surface area contributed by atoms with Gasteiger partial charge in [-0.05, 0) is 0 Å². The quantitative estimate of drug-likeness (QED) is 0.376. The first kappa shape index (κ1) is 10.7.